The van der Waals surface area contributed by atoms with Crippen LogP contribution in [0.3, 0.4) is 0 Å². The molecule has 2 aromatic carbocycles. The zero-order valence-corrected chi connectivity index (χ0v) is 18.8. The molecule has 1 aromatic heterocycles. The van der Waals surface area contributed by atoms with Gasteiger partial charge in [-0.25, -0.2) is 4.98 Å². The van der Waals surface area contributed by atoms with Crippen molar-refractivity contribution in [2.45, 2.75) is 18.9 Å². The van der Waals surface area contributed by atoms with Crippen LogP contribution in [0.1, 0.15) is 23.2 Å². The van der Waals surface area contributed by atoms with Crippen molar-refractivity contribution in [3.05, 3.63) is 54.1 Å². The second kappa shape index (κ2) is 9.87. The van der Waals surface area contributed by atoms with Crippen LogP contribution in [0.15, 0.2) is 48.5 Å². The van der Waals surface area contributed by atoms with Crippen LogP contribution >= 0.6 is 0 Å². The monoisotopic (exact) mass is 448 g/mol. The number of aromatic nitrogens is 1. The summed E-state index contributed by atoms with van der Waals surface area (Å²) in [7, 11) is 3.18. The lowest BCUT2D eigenvalue weighted by Gasteiger charge is -2.31. The van der Waals surface area contributed by atoms with Crippen LogP contribution in [-0.4, -0.2) is 61.6 Å². The number of hydrogen-bond donors (Lipinski definition) is 2. The van der Waals surface area contributed by atoms with Gasteiger partial charge < -0.3 is 20.5 Å². The highest BCUT2D eigenvalue weighted by Crippen LogP contribution is 2.33. The smallest absolute Gasteiger partial charge is 0.252 e. The van der Waals surface area contributed by atoms with Crippen molar-refractivity contribution in [1.82, 2.24) is 15.2 Å². The fraction of sp³-hybridized carbons (Fsp3) is 0.320. The number of hydrogen-bond acceptors (Lipinski definition) is 6. The molecule has 2 amide bonds. The zero-order valence-electron chi connectivity index (χ0n) is 18.8. The fourth-order valence-corrected chi connectivity index (χ4v) is 4.23. The van der Waals surface area contributed by atoms with Gasteiger partial charge in [-0.1, -0.05) is 18.2 Å². The Morgan fingerprint density at radius 1 is 1.06 bits per heavy atom. The van der Waals surface area contributed by atoms with E-state index in [-0.39, 0.29) is 24.4 Å². The van der Waals surface area contributed by atoms with Crippen LogP contribution in [0.4, 0.5) is 0 Å². The van der Waals surface area contributed by atoms with Gasteiger partial charge in [-0.2, -0.15) is 0 Å². The Balaban J connectivity index is 1.61. The Morgan fingerprint density at radius 2 is 1.79 bits per heavy atom. The highest BCUT2D eigenvalue weighted by molar-refractivity contribution is 6.07. The van der Waals surface area contributed by atoms with Crippen molar-refractivity contribution in [3.8, 4) is 22.8 Å². The number of likely N-dealkylation sites (tertiary alicyclic amines) is 1. The lowest BCUT2D eigenvalue weighted by molar-refractivity contribution is -0.119. The molecular weight excluding hydrogens is 420 g/mol. The van der Waals surface area contributed by atoms with E-state index in [0.29, 0.717) is 22.8 Å². The molecule has 2 heterocycles. The summed E-state index contributed by atoms with van der Waals surface area (Å²) in [6.45, 7) is 1.70. The first kappa shape index (κ1) is 22.5. The van der Waals surface area contributed by atoms with E-state index in [9.17, 15) is 9.59 Å². The Hall–Kier alpha value is -3.65. The Kier molecular flexibility index (Phi) is 6.74. The van der Waals surface area contributed by atoms with Gasteiger partial charge >= 0.3 is 0 Å². The summed E-state index contributed by atoms with van der Waals surface area (Å²) in [6, 6.07) is 15.1. The highest BCUT2D eigenvalue weighted by atomic mass is 16.5. The molecule has 1 fully saturated rings. The molecular formula is C25H28N4O4. The normalized spacial score (nSPS) is 14.7. The van der Waals surface area contributed by atoms with Crippen molar-refractivity contribution in [2.24, 2.45) is 5.73 Å². The van der Waals surface area contributed by atoms with Crippen LogP contribution < -0.4 is 20.5 Å². The number of primary amides is 1. The number of piperidine rings is 1. The van der Waals surface area contributed by atoms with Crippen molar-refractivity contribution < 1.29 is 19.1 Å². The first-order valence-electron chi connectivity index (χ1n) is 10.9. The average molecular weight is 449 g/mol. The van der Waals surface area contributed by atoms with Crippen LogP contribution in [0.5, 0.6) is 11.5 Å². The standard InChI is InChI=1S/C25H28N4O4/c1-32-22-8-7-16(13-23(22)33-2)21-14-19(18-5-3-4-6-20(18)28-21)25(31)27-17-9-11-29(12-10-17)15-24(26)30/h3-8,13-14,17H,9-12,15H2,1-2H3,(H2,26,30)(H,27,31). The zero-order chi connectivity index (χ0) is 23.4. The third-order valence-corrected chi connectivity index (χ3v) is 5.94. The molecule has 33 heavy (non-hydrogen) atoms. The van der Waals surface area contributed by atoms with Gasteiger partial charge in [0, 0.05) is 30.1 Å². The predicted octanol–water partition coefficient (Wildman–Crippen LogP) is 2.60. The van der Waals surface area contributed by atoms with Gasteiger partial charge in [0.1, 0.15) is 0 Å². The van der Waals surface area contributed by atoms with E-state index in [4.69, 9.17) is 20.2 Å². The number of nitrogens with two attached hydrogens (primary N) is 1. The van der Waals surface area contributed by atoms with Gasteiger partial charge in [-0.05, 0) is 43.2 Å². The molecule has 172 valence electrons. The molecule has 0 spiro atoms. The van der Waals surface area contributed by atoms with Gasteiger partial charge in [0.25, 0.3) is 5.91 Å². The fourth-order valence-electron chi connectivity index (χ4n) is 4.23. The van der Waals surface area contributed by atoms with Crippen molar-refractivity contribution >= 4 is 22.7 Å². The topological polar surface area (TPSA) is 107 Å². The van der Waals surface area contributed by atoms with Crippen LogP contribution in [0.25, 0.3) is 22.2 Å². The minimum absolute atomic E-state index is 0.0399. The molecule has 1 aliphatic rings. The Labute approximate surface area is 192 Å². The SMILES string of the molecule is COc1ccc(-c2cc(C(=O)NC3CCN(CC(N)=O)CC3)c3ccccc3n2)cc1OC. The Morgan fingerprint density at radius 3 is 2.48 bits per heavy atom. The molecule has 0 radical (unpaired) electrons. The van der Waals surface area contributed by atoms with E-state index in [1.165, 1.54) is 0 Å². The van der Waals surface area contributed by atoms with Gasteiger partial charge in [0.15, 0.2) is 11.5 Å². The molecule has 0 atom stereocenters. The second-order valence-corrected chi connectivity index (χ2v) is 8.13. The second-order valence-electron chi connectivity index (χ2n) is 8.13. The van der Waals surface area contributed by atoms with Crippen LogP contribution in [0, 0.1) is 0 Å². The van der Waals surface area contributed by atoms with E-state index in [1.807, 2.05) is 53.4 Å². The van der Waals surface area contributed by atoms with E-state index >= 15 is 0 Å². The largest absolute Gasteiger partial charge is 0.493 e. The number of carbonyl (C=O) groups excluding carboxylic acids is 2. The quantitative estimate of drug-likeness (QED) is 0.575. The molecule has 1 saturated heterocycles. The number of benzene rings is 2. The van der Waals surface area contributed by atoms with Crippen molar-refractivity contribution in [2.75, 3.05) is 33.9 Å². The summed E-state index contributed by atoms with van der Waals surface area (Å²) in [5.74, 6) is 0.758. The van der Waals surface area contributed by atoms with Gasteiger partial charge in [-0.3, -0.25) is 14.5 Å². The number of fused-ring (bicyclic) bond motifs is 1. The third kappa shape index (κ3) is 5.06. The number of amides is 2. The number of rotatable bonds is 7. The molecule has 1 aliphatic heterocycles. The van der Waals surface area contributed by atoms with E-state index in [2.05, 4.69) is 5.32 Å². The molecule has 0 aliphatic carbocycles. The molecule has 3 aromatic rings. The lowest BCUT2D eigenvalue weighted by Crippen LogP contribution is -2.46. The van der Waals surface area contributed by atoms with Gasteiger partial charge in [-0.15, -0.1) is 0 Å². The minimum Gasteiger partial charge on any atom is -0.493 e. The number of methoxy groups -OCH3 is 2. The Bertz CT molecular complexity index is 1170. The van der Waals surface area contributed by atoms with E-state index in [0.717, 1.165) is 42.4 Å². The first-order chi connectivity index (χ1) is 16.0. The first-order valence-corrected chi connectivity index (χ1v) is 10.9. The predicted molar refractivity (Wildman–Crippen MR) is 126 cm³/mol. The maximum Gasteiger partial charge on any atom is 0.252 e. The summed E-state index contributed by atoms with van der Waals surface area (Å²) >= 11 is 0. The minimum atomic E-state index is -0.330. The highest BCUT2D eigenvalue weighted by Gasteiger charge is 2.23. The number of carbonyl (C=O) groups is 2. The van der Waals surface area contributed by atoms with Crippen molar-refractivity contribution in [1.29, 1.82) is 0 Å². The molecule has 0 unspecified atom stereocenters. The number of pyridine rings is 1. The number of para-hydroxylation sites is 1. The summed E-state index contributed by atoms with van der Waals surface area (Å²) in [5, 5.41) is 3.96. The number of nitrogens with zero attached hydrogens (tertiary/aromatic N) is 2. The summed E-state index contributed by atoms with van der Waals surface area (Å²) in [5.41, 5.74) is 8.11. The number of ether oxygens (including phenoxy) is 2. The maximum atomic E-state index is 13.3. The molecule has 0 bridgehead atoms. The molecule has 4 rings (SSSR count). The number of nitrogens with one attached hydrogen (secondary N) is 1. The maximum absolute atomic E-state index is 13.3. The van der Waals surface area contributed by atoms with E-state index in [1.54, 1.807) is 14.2 Å². The van der Waals surface area contributed by atoms with Gasteiger partial charge in [0.2, 0.25) is 5.91 Å². The summed E-state index contributed by atoms with van der Waals surface area (Å²) in [4.78, 5) is 31.3. The van der Waals surface area contributed by atoms with Crippen molar-refractivity contribution in [3.63, 3.8) is 0 Å². The summed E-state index contributed by atoms with van der Waals surface area (Å²) < 4.78 is 10.8. The average Bonchev–Trinajstić information content (AvgIpc) is 2.83. The third-order valence-electron chi connectivity index (χ3n) is 5.94. The van der Waals surface area contributed by atoms with Gasteiger partial charge in [0.05, 0.1) is 37.5 Å². The van der Waals surface area contributed by atoms with Crippen LogP contribution in [-0.2, 0) is 4.79 Å². The molecule has 3 N–H and O–H groups in total. The van der Waals surface area contributed by atoms with Crippen LogP contribution in [0.2, 0.25) is 0 Å². The molecule has 8 heteroatoms. The lowest BCUT2D eigenvalue weighted by atomic mass is 10.0. The molecule has 0 saturated carbocycles. The summed E-state index contributed by atoms with van der Waals surface area (Å²) in [6.07, 6.45) is 1.54. The molecule has 8 nitrogen and oxygen atoms in total. The van der Waals surface area contributed by atoms with E-state index < -0.39 is 0 Å².